The Morgan fingerprint density at radius 1 is 1.06 bits per heavy atom. The summed E-state index contributed by atoms with van der Waals surface area (Å²) in [4.78, 5) is 32.8. The molecule has 0 radical (unpaired) electrons. The van der Waals surface area contributed by atoms with E-state index in [2.05, 4.69) is 25.5 Å². The topological polar surface area (TPSA) is 110 Å². The molecule has 0 aliphatic rings. The van der Waals surface area contributed by atoms with Crippen LogP contribution in [0.2, 0.25) is 0 Å². The highest BCUT2D eigenvalue weighted by atomic mass is 19.1. The van der Waals surface area contributed by atoms with Gasteiger partial charge in [0.25, 0.3) is 11.5 Å². The summed E-state index contributed by atoms with van der Waals surface area (Å²) >= 11 is 0. The van der Waals surface area contributed by atoms with E-state index in [0.29, 0.717) is 16.7 Å². The van der Waals surface area contributed by atoms with E-state index in [1.165, 1.54) is 29.1 Å². The molecule has 34 heavy (non-hydrogen) atoms. The van der Waals surface area contributed by atoms with Crippen LogP contribution in [0.1, 0.15) is 27.2 Å². The Kier molecular flexibility index (Phi) is 5.05. The monoisotopic (exact) mass is 457 g/mol. The van der Waals surface area contributed by atoms with Crippen molar-refractivity contribution in [3.63, 3.8) is 0 Å². The van der Waals surface area contributed by atoms with Crippen molar-refractivity contribution in [3.05, 3.63) is 93.3 Å². The van der Waals surface area contributed by atoms with Crippen molar-refractivity contribution in [1.29, 1.82) is 0 Å². The molecule has 0 atom stereocenters. The second kappa shape index (κ2) is 8.07. The van der Waals surface area contributed by atoms with E-state index in [1.807, 2.05) is 32.0 Å². The van der Waals surface area contributed by atoms with Crippen molar-refractivity contribution in [3.8, 4) is 11.6 Å². The summed E-state index contributed by atoms with van der Waals surface area (Å²) < 4.78 is 17.0. The second-order valence-corrected chi connectivity index (χ2v) is 7.92. The molecule has 0 unspecified atom stereocenters. The zero-order valence-corrected chi connectivity index (χ0v) is 18.6. The third kappa shape index (κ3) is 3.54. The summed E-state index contributed by atoms with van der Waals surface area (Å²) in [5, 5.41) is 11.7. The maximum atomic E-state index is 14.1. The van der Waals surface area contributed by atoms with Gasteiger partial charge in [-0.05, 0) is 50.1 Å². The average Bonchev–Trinajstić information content (AvgIpc) is 3.39. The van der Waals surface area contributed by atoms with Crippen molar-refractivity contribution in [2.45, 2.75) is 20.8 Å². The van der Waals surface area contributed by atoms with Crippen LogP contribution in [0.3, 0.4) is 0 Å². The number of carbonyl (C=O) groups is 1. The van der Waals surface area contributed by atoms with Gasteiger partial charge < -0.3 is 5.32 Å². The molecule has 5 rings (SSSR count). The normalized spacial score (nSPS) is 11.2. The number of fused-ring (bicyclic) bond motifs is 1. The number of hydrogen-bond acceptors (Lipinski definition) is 5. The Bertz CT molecular complexity index is 1630. The molecule has 3 aromatic heterocycles. The number of aromatic amines is 1. The van der Waals surface area contributed by atoms with Crippen LogP contribution in [-0.4, -0.2) is 35.4 Å². The molecule has 10 heteroatoms. The highest BCUT2D eigenvalue weighted by Gasteiger charge is 2.19. The molecule has 0 fully saturated rings. The van der Waals surface area contributed by atoms with Gasteiger partial charge >= 0.3 is 0 Å². The lowest BCUT2D eigenvalue weighted by atomic mass is 10.1. The number of amides is 1. The van der Waals surface area contributed by atoms with E-state index in [-0.39, 0.29) is 17.3 Å². The van der Waals surface area contributed by atoms with Crippen molar-refractivity contribution >= 4 is 22.8 Å². The van der Waals surface area contributed by atoms with Crippen molar-refractivity contribution < 1.29 is 9.18 Å². The van der Waals surface area contributed by atoms with Gasteiger partial charge in [0.1, 0.15) is 17.0 Å². The predicted octanol–water partition coefficient (Wildman–Crippen LogP) is 3.61. The van der Waals surface area contributed by atoms with Gasteiger partial charge in [-0.15, -0.1) is 0 Å². The van der Waals surface area contributed by atoms with Gasteiger partial charge in [-0.3, -0.25) is 14.6 Å². The fourth-order valence-corrected chi connectivity index (χ4v) is 3.73. The first-order chi connectivity index (χ1) is 16.3. The van der Waals surface area contributed by atoms with Gasteiger partial charge in [0, 0.05) is 6.07 Å². The van der Waals surface area contributed by atoms with Crippen molar-refractivity contribution in [2.75, 3.05) is 5.32 Å². The standard InChI is InChI=1S/C24H20FN7O2/c1-13-7-6-10-19(15(13)3)31-21-17(12-26-31)23(34)29-24(28-21)32-20(11-14(2)30-32)27-22(33)16-8-4-5-9-18(16)25/h4-12H,1-3H3,(H,27,33)(H,28,29,34). The van der Waals surface area contributed by atoms with E-state index in [0.717, 1.165) is 16.8 Å². The smallest absolute Gasteiger partial charge is 0.263 e. The summed E-state index contributed by atoms with van der Waals surface area (Å²) in [6.07, 6.45) is 1.46. The van der Waals surface area contributed by atoms with Gasteiger partial charge in [0.2, 0.25) is 5.95 Å². The molecular weight excluding hydrogens is 437 g/mol. The first kappa shape index (κ1) is 21.3. The van der Waals surface area contributed by atoms with Gasteiger partial charge in [0.15, 0.2) is 5.65 Å². The molecule has 1 amide bonds. The summed E-state index contributed by atoms with van der Waals surface area (Å²) in [5.41, 5.74) is 3.26. The molecule has 0 spiro atoms. The molecule has 2 N–H and O–H groups in total. The Labute approximate surface area is 192 Å². The van der Waals surface area contributed by atoms with Crippen LogP contribution in [0.4, 0.5) is 10.2 Å². The summed E-state index contributed by atoms with van der Waals surface area (Å²) in [7, 11) is 0. The van der Waals surface area contributed by atoms with E-state index in [1.54, 1.807) is 23.7 Å². The fourth-order valence-electron chi connectivity index (χ4n) is 3.73. The molecule has 2 aromatic carbocycles. The van der Waals surface area contributed by atoms with Crippen molar-refractivity contribution in [2.24, 2.45) is 0 Å². The molecule has 9 nitrogen and oxygen atoms in total. The molecule has 0 saturated heterocycles. The number of rotatable bonds is 4. The van der Waals surface area contributed by atoms with E-state index in [9.17, 15) is 14.0 Å². The van der Waals surface area contributed by atoms with Crippen LogP contribution in [0, 0.1) is 26.6 Å². The van der Waals surface area contributed by atoms with Crippen LogP contribution < -0.4 is 10.9 Å². The predicted molar refractivity (Wildman–Crippen MR) is 125 cm³/mol. The molecule has 0 aliphatic heterocycles. The van der Waals surface area contributed by atoms with Crippen molar-refractivity contribution in [1.82, 2.24) is 29.5 Å². The molecule has 3 heterocycles. The zero-order valence-electron chi connectivity index (χ0n) is 18.6. The Morgan fingerprint density at radius 2 is 1.85 bits per heavy atom. The van der Waals surface area contributed by atoms with Gasteiger partial charge in [0.05, 0.1) is 23.1 Å². The minimum Gasteiger partial charge on any atom is -0.306 e. The van der Waals surface area contributed by atoms with Gasteiger partial charge in [-0.2, -0.15) is 19.9 Å². The van der Waals surface area contributed by atoms with Gasteiger partial charge in [-0.1, -0.05) is 24.3 Å². The largest absolute Gasteiger partial charge is 0.306 e. The van der Waals surface area contributed by atoms with Crippen LogP contribution in [-0.2, 0) is 0 Å². The molecule has 0 bridgehead atoms. The lowest BCUT2D eigenvalue weighted by Gasteiger charge is -2.11. The quantitative estimate of drug-likeness (QED) is 0.428. The Morgan fingerprint density at radius 3 is 2.65 bits per heavy atom. The summed E-state index contributed by atoms with van der Waals surface area (Å²) in [5.74, 6) is -0.983. The number of aryl methyl sites for hydroxylation is 2. The Hall–Kier alpha value is -4.60. The minimum absolute atomic E-state index is 0.0847. The van der Waals surface area contributed by atoms with Crippen LogP contribution in [0.5, 0.6) is 0 Å². The third-order valence-electron chi connectivity index (χ3n) is 5.62. The zero-order chi connectivity index (χ0) is 24.0. The highest BCUT2D eigenvalue weighted by Crippen LogP contribution is 2.22. The number of aromatic nitrogens is 6. The van der Waals surface area contributed by atoms with E-state index < -0.39 is 17.3 Å². The third-order valence-corrected chi connectivity index (χ3v) is 5.62. The first-order valence-corrected chi connectivity index (χ1v) is 10.5. The van der Waals surface area contributed by atoms with Gasteiger partial charge in [-0.25, -0.2) is 9.07 Å². The summed E-state index contributed by atoms with van der Waals surface area (Å²) in [6, 6.07) is 13.1. The lowest BCUT2D eigenvalue weighted by molar-refractivity contribution is 0.102. The maximum absolute atomic E-state index is 14.1. The van der Waals surface area contributed by atoms with E-state index in [4.69, 9.17) is 0 Å². The second-order valence-electron chi connectivity index (χ2n) is 7.92. The highest BCUT2D eigenvalue weighted by molar-refractivity contribution is 6.04. The van der Waals surface area contributed by atoms with Crippen LogP contribution >= 0.6 is 0 Å². The minimum atomic E-state index is -0.650. The molecular formula is C24H20FN7O2. The molecule has 170 valence electrons. The maximum Gasteiger partial charge on any atom is 0.263 e. The Balaban J connectivity index is 1.62. The summed E-state index contributed by atoms with van der Waals surface area (Å²) in [6.45, 7) is 5.69. The van der Waals surface area contributed by atoms with Crippen LogP contribution in [0.25, 0.3) is 22.7 Å². The number of halogens is 1. The number of anilines is 1. The molecule has 0 saturated carbocycles. The number of H-pyrrole nitrogens is 1. The number of hydrogen-bond donors (Lipinski definition) is 2. The van der Waals surface area contributed by atoms with E-state index >= 15 is 0 Å². The number of benzene rings is 2. The lowest BCUT2D eigenvalue weighted by Crippen LogP contribution is -2.19. The average molecular weight is 457 g/mol. The first-order valence-electron chi connectivity index (χ1n) is 10.5. The number of carbonyl (C=O) groups excluding carboxylic acids is 1. The SMILES string of the molecule is Cc1cc(NC(=O)c2ccccc2F)n(-c2nc3c(cnn3-c3cccc(C)c3C)c(=O)[nH]2)n1. The number of nitrogens with zero attached hydrogens (tertiary/aromatic N) is 5. The molecule has 0 aliphatic carbocycles. The number of nitrogens with one attached hydrogen (secondary N) is 2. The molecule has 5 aromatic rings. The fraction of sp³-hybridized carbons (Fsp3) is 0.125. The van der Waals surface area contributed by atoms with Crippen LogP contribution in [0.15, 0.2) is 59.5 Å².